The predicted molar refractivity (Wildman–Crippen MR) is 103 cm³/mol. The molecule has 0 saturated carbocycles. The van der Waals surface area contributed by atoms with Crippen molar-refractivity contribution in [2.45, 2.75) is 6.92 Å². The van der Waals surface area contributed by atoms with E-state index in [0.717, 1.165) is 11.1 Å². The van der Waals surface area contributed by atoms with Gasteiger partial charge in [-0.15, -0.1) is 0 Å². The molecule has 1 heterocycles. The topological polar surface area (TPSA) is 103 Å². The van der Waals surface area contributed by atoms with Crippen LogP contribution in [-0.4, -0.2) is 29.1 Å². The van der Waals surface area contributed by atoms with Gasteiger partial charge < -0.3 is 15.3 Å². The van der Waals surface area contributed by atoms with E-state index in [1.807, 2.05) is 31.2 Å². The summed E-state index contributed by atoms with van der Waals surface area (Å²) in [5.41, 5.74) is 9.09. The van der Waals surface area contributed by atoms with Gasteiger partial charge in [-0.3, -0.25) is 5.10 Å². The van der Waals surface area contributed by atoms with Gasteiger partial charge in [-0.25, -0.2) is 4.79 Å². The van der Waals surface area contributed by atoms with Crippen LogP contribution >= 0.6 is 11.6 Å². The smallest absolute Gasteiger partial charge is 0.383 e. The fourth-order valence-corrected chi connectivity index (χ4v) is 2.54. The van der Waals surface area contributed by atoms with E-state index < -0.39 is 5.97 Å². The summed E-state index contributed by atoms with van der Waals surface area (Å²) in [4.78, 5) is 17.1. The van der Waals surface area contributed by atoms with Crippen LogP contribution < -0.4 is 10.5 Å². The molecule has 8 heteroatoms. The van der Waals surface area contributed by atoms with E-state index in [0.29, 0.717) is 22.0 Å². The molecule has 3 rings (SSSR count). The maximum absolute atomic E-state index is 12.2. The first kappa shape index (κ1) is 18.5. The molecule has 0 bridgehead atoms. The van der Waals surface area contributed by atoms with Crippen LogP contribution in [0.15, 0.2) is 53.7 Å². The Balaban J connectivity index is 1.75. The van der Waals surface area contributed by atoms with Crippen molar-refractivity contribution in [3.8, 4) is 17.0 Å². The van der Waals surface area contributed by atoms with Gasteiger partial charge in [-0.05, 0) is 31.2 Å². The Hall–Kier alpha value is -3.32. The zero-order chi connectivity index (χ0) is 19.4. The Morgan fingerprint density at radius 1 is 1.19 bits per heavy atom. The number of methoxy groups -OCH3 is 1. The number of ether oxygens (including phenoxy) is 1. The van der Waals surface area contributed by atoms with Crippen LogP contribution in [0.2, 0.25) is 5.02 Å². The number of hydrogen-bond donors (Lipinski definition) is 2. The van der Waals surface area contributed by atoms with E-state index in [4.69, 9.17) is 26.9 Å². The molecule has 0 aliphatic rings. The number of nitrogens with one attached hydrogen (secondary N) is 1. The minimum Gasteiger partial charge on any atom is -0.496 e. The molecule has 1 aromatic heterocycles. The van der Waals surface area contributed by atoms with Gasteiger partial charge in [0.1, 0.15) is 11.4 Å². The molecule has 2 aromatic carbocycles. The van der Waals surface area contributed by atoms with Crippen molar-refractivity contribution < 1.29 is 14.4 Å². The number of nitrogens with zero attached hydrogens (tertiary/aromatic N) is 2. The highest BCUT2D eigenvalue weighted by atomic mass is 35.5. The summed E-state index contributed by atoms with van der Waals surface area (Å²) in [6.07, 6.45) is 0. The third kappa shape index (κ3) is 4.27. The molecule has 3 N–H and O–H groups in total. The lowest BCUT2D eigenvalue weighted by molar-refractivity contribution is 0.0509. The molecule has 0 aliphatic carbocycles. The van der Waals surface area contributed by atoms with E-state index >= 15 is 0 Å². The van der Waals surface area contributed by atoms with E-state index in [-0.39, 0.29) is 11.5 Å². The Morgan fingerprint density at radius 3 is 2.63 bits per heavy atom. The molecule has 0 spiro atoms. The first-order valence-corrected chi connectivity index (χ1v) is 8.37. The lowest BCUT2D eigenvalue weighted by atomic mass is 10.1. The van der Waals surface area contributed by atoms with Gasteiger partial charge in [-0.1, -0.05) is 46.6 Å². The summed E-state index contributed by atoms with van der Waals surface area (Å²) in [7, 11) is 1.49. The molecule has 0 fully saturated rings. The van der Waals surface area contributed by atoms with Crippen LogP contribution in [0.1, 0.15) is 21.6 Å². The molecule has 7 nitrogen and oxygen atoms in total. The molecule has 0 unspecified atom stereocenters. The number of hydrogen-bond acceptors (Lipinski definition) is 5. The lowest BCUT2D eigenvalue weighted by Gasteiger charge is -2.07. The normalized spacial score (nSPS) is 11.3. The largest absolute Gasteiger partial charge is 0.496 e. The Labute approximate surface area is 160 Å². The maximum atomic E-state index is 12.2. The van der Waals surface area contributed by atoms with Gasteiger partial charge in [0.15, 0.2) is 5.84 Å². The number of H-pyrrole nitrogens is 1. The number of aromatic nitrogens is 2. The monoisotopic (exact) mass is 384 g/mol. The summed E-state index contributed by atoms with van der Waals surface area (Å²) in [6.45, 7) is 1.99. The van der Waals surface area contributed by atoms with Gasteiger partial charge >= 0.3 is 5.97 Å². The van der Waals surface area contributed by atoms with Crippen LogP contribution in [0.4, 0.5) is 0 Å². The fourth-order valence-electron chi connectivity index (χ4n) is 2.37. The van der Waals surface area contributed by atoms with Gasteiger partial charge in [-0.2, -0.15) is 5.10 Å². The fraction of sp³-hybridized carbons (Fsp3) is 0.105. The minimum atomic E-state index is -0.718. The second kappa shape index (κ2) is 7.92. The Kier molecular flexibility index (Phi) is 5.42. The zero-order valence-corrected chi connectivity index (χ0v) is 15.4. The first-order chi connectivity index (χ1) is 13.0. The molecule has 0 atom stereocenters. The summed E-state index contributed by atoms with van der Waals surface area (Å²) >= 11 is 5.96. The molecule has 3 aromatic rings. The highest BCUT2D eigenvalue weighted by Gasteiger charge is 2.14. The Morgan fingerprint density at radius 2 is 1.93 bits per heavy atom. The number of benzene rings is 2. The average Bonchev–Trinajstić information content (AvgIpc) is 3.16. The number of carbonyl (C=O) groups is 1. The van der Waals surface area contributed by atoms with Crippen LogP contribution in [0, 0.1) is 6.92 Å². The highest BCUT2D eigenvalue weighted by molar-refractivity contribution is 6.31. The third-order valence-corrected chi connectivity index (χ3v) is 4.04. The molecule has 0 aliphatic heterocycles. The average molecular weight is 385 g/mol. The highest BCUT2D eigenvalue weighted by Crippen LogP contribution is 2.22. The van der Waals surface area contributed by atoms with Crippen LogP contribution in [0.25, 0.3) is 11.3 Å². The minimum absolute atomic E-state index is 0.0408. The van der Waals surface area contributed by atoms with Gasteiger partial charge in [0.25, 0.3) is 0 Å². The molecule has 0 saturated heterocycles. The second-order valence-corrected chi connectivity index (χ2v) is 6.17. The molecular formula is C19H17ClN4O3. The molecule has 0 radical (unpaired) electrons. The number of nitrogens with two attached hydrogens (primary N) is 1. The van der Waals surface area contributed by atoms with Crippen molar-refractivity contribution in [1.29, 1.82) is 0 Å². The van der Waals surface area contributed by atoms with E-state index in [1.54, 1.807) is 24.3 Å². The summed E-state index contributed by atoms with van der Waals surface area (Å²) in [5, 5.41) is 10.9. The molecule has 27 heavy (non-hydrogen) atoms. The van der Waals surface area contributed by atoms with Gasteiger partial charge in [0, 0.05) is 10.6 Å². The van der Waals surface area contributed by atoms with Crippen LogP contribution in [0.3, 0.4) is 0 Å². The number of rotatable bonds is 5. The van der Waals surface area contributed by atoms with Crippen LogP contribution in [0.5, 0.6) is 5.75 Å². The lowest BCUT2D eigenvalue weighted by Crippen LogP contribution is -2.16. The molecule has 0 amide bonds. The van der Waals surface area contributed by atoms with Crippen LogP contribution in [-0.2, 0) is 4.84 Å². The standard InChI is InChI=1S/C19H17ClN4O3/c1-11-3-5-12(6-4-11)15-10-16(23-22-15)19(25)27-24-18(21)14-9-13(20)7-8-17(14)26-2/h3-10H,1-2H3,(H2,21,24)(H,22,23). The second-order valence-electron chi connectivity index (χ2n) is 5.73. The number of amidine groups is 1. The number of aryl methyl sites for hydroxylation is 1. The van der Waals surface area contributed by atoms with E-state index in [1.165, 1.54) is 7.11 Å². The van der Waals surface area contributed by atoms with E-state index in [2.05, 4.69) is 15.4 Å². The summed E-state index contributed by atoms with van der Waals surface area (Å²) in [6, 6.07) is 14.2. The number of aromatic amines is 1. The van der Waals surface area contributed by atoms with Crippen molar-refractivity contribution >= 4 is 23.4 Å². The number of oxime groups is 1. The predicted octanol–water partition coefficient (Wildman–Crippen LogP) is 3.52. The zero-order valence-electron chi connectivity index (χ0n) is 14.7. The maximum Gasteiger partial charge on any atom is 0.383 e. The van der Waals surface area contributed by atoms with Crippen molar-refractivity contribution in [3.05, 3.63) is 70.4 Å². The van der Waals surface area contributed by atoms with Gasteiger partial charge in [0.05, 0.1) is 18.4 Å². The van der Waals surface area contributed by atoms with Crippen molar-refractivity contribution in [3.63, 3.8) is 0 Å². The third-order valence-electron chi connectivity index (χ3n) is 3.81. The summed E-state index contributed by atoms with van der Waals surface area (Å²) in [5.74, 6) is -0.300. The van der Waals surface area contributed by atoms with E-state index in [9.17, 15) is 4.79 Å². The SMILES string of the molecule is COc1ccc(Cl)cc1/C(N)=N/OC(=O)c1cc(-c2ccc(C)cc2)n[nH]1. The number of halogens is 1. The van der Waals surface area contributed by atoms with Crippen molar-refractivity contribution in [1.82, 2.24) is 10.2 Å². The molecule has 138 valence electrons. The Bertz CT molecular complexity index is 996. The first-order valence-electron chi connectivity index (χ1n) is 7.99. The summed E-state index contributed by atoms with van der Waals surface area (Å²) < 4.78 is 5.20. The quantitative estimate of drug-likeness (QED) is 0.303. The van der Waals surface area contributed by atoms with Crippen molar-refractivity contribution in [2.24, 2.45) is 10.9 Å². The number of carbonyl (C=O) groups excluding carboxylic acids is 1. The van der Waals surface area contributed by atoms with Gasteiger partial charge in [0.2, 0.25) is 0 Å². The molecular weight excluding hydrogens is 368 g/mol. The van der Waals surface area contributed by atoms with Crippen molar-refractivity contribution in [2.75, 3.05) is 7.11 Å².